The second-order valence-electron chi connectivity index (χ2n) is 1.29. The van der Waals surface area contributed by atoms with Gasteiger partial charge in [-0.3, -0.25) is 4.79 Å². The van der Waals surface area contributed by atoms with Gasteiger partial charge < -0.3 is 4.55 Å². The number of Topliss-reactive ketones (excluding diaryl/α,β-unsaturated/α-hetero) is 1. The first-order valence-electron chi connectivity index (χ1n) is 2.03. The highest BCUT2D eigenvalue weighted by molar-refractivity contribution is 7.93. The molecule has 0 saturated carbocycles. The molecule has 0 heterocycles. The Kier molecular flexibility index (Phi) is 4.14. The van der Waals surface area contributed by atoms with Crippen LogP contribution >= 0.6 is 12.0 Å². The van der Waals surface area contributed by atoms with E-state index in [1.807, 2.05) is 0 Å². The summed E-state index contributed by atoms with van der Waals surface area (Å²) in [7, 11) is 0. The van der Waals surface area contributed by atoms with E-state index in [9.17, 15) is 4.79 Å². The van der Waals surface area contributed by atoms with Crippen molar-refractivity contribution in [3.05, 3.63) is 0 Å². The maximum absolute atomic E-state index is 10.1. The summed E-state index contributed by atoms with van der Waals surface area (Å²) in [4.78, 5) is 10.1. The zero-order valence-electron chi connectivity index (χ0n) is 4.18. The molecule has 0 aliphatic heterocycles. The first-order chi connectivity index (χ1) is 3.27. The van der Waals surface area contributed by atoms with Crippen LogP contribution in [0.1, 0.15) is 13.3 Å². The van der Waals surface area contributed by atoms with Gasteiger partial charge in [-0.15, -0.1) is 0 Å². The largest absolute Gasteiger partial charge is 0.330 e. The van der Waals surface area contributed by atoms with Crippen molar-refractivity contribution < 1.29 is 9.35 Å². The monoisotopic (exact) mass is 120 g/mol. The second kappa shape index (κ2) is 4.15. The van der Waals surface area contributed by atoms with E-state index in [4.69, 9.17) is 4.55 Å². The Balaban J connectivity index is 2.82. The van der Waals surface area contributed by atoms with Crippen LogP contribution in [0.15, 0.2) is 0 Å². The molecule has 0 aliphatic rings. The van der Waals surface area contributed by atoms with Crippen molar-refractivity contribution in [3.63, 3.8) is 0 Å². The summed E-state index contributed by atoms with van der Waals surface area (Å²) in [6.07, 6.45) is 0.473. The Labute approximate surface area is 47.1 Å². The van der Waals surface area contributed by atoms with Crippen LogP contribution in [0.2, 0.25) is 0 Å². The Hall–Kier alpha value is -0.0200. The predicted octanol–water partition coefficient (Wildman–Crippen LogP) is 1.17. The van der Waals surface area contributed by atoms with Crippen LogP contribution in [0.4, 0.5) is 0 Å². The lowest BCUT2D eigenvalue weighted by Crippen LogP contribution is -1.90. The number of carbonyl (C=O) groups is 1. The number of hydrogen-bond acceptors (Lipinski definition) is 3. The van der Waals surface area contributed by atoms with Gasteiger partial charge in [-0.1, -0.05) is 0 Å². The molecule has 0 bridgehead atoms. The molecule has 3 heteroatoms. The van der Waals surface area contributed by atoms with Crippen LogP contribution in [-0.2, 0) is 4.79 Å². The minimum absolute atomic E-state index is 0.126. The Morgan fingerprint density at radius 1 is 1.86 bits per heavy atom. The van der Waals surface area contributed by atoms with Crippen molar-refractivity contribution in [1.29, 1.82) is 0 Å². The maximum Gasteiger partial charge on any atom is 0.130 e. The molecule has 0 aliphatic carbocycles. The van der Waals surface area contributed by atoms with Crippen LogP contribution in [0.25, 0.3) is 0 Å². The summed E-state index contributed by atoms with van der Waals surface area (Å²) in [5.74, 6) is 0.650. The van der Waals surface area contributed by atoms with Gasteiger partial charge in [-0.2, -0.15) is 0 Å². The van der Waals surface area contributed by atoms with Gasteiger partial charge in [0.05, 0.1) is 0 Å². The van der Waals surface area contributed by atoms with Gasteiger partial charge in [0.15, 0.2) is 0 Å². The fraction of sp³-hybridized carbons (Fsp3) is 0.750. The van der Waals surface area contributed by atoms with E-state index in [2.05, 4.69) is 0 Å². The molecule has 1 N–H and O–H groups in total. The van der Waals surface area contributed by atoms with E-state index >= 15 is 0 Å². The summed E-state index contributed by atoms with van der Waals surface area (Å²) in [5.41, 5.74) is 0. The zero-order chi connectivity index (χ0) is 5.70. The SMILES string of the molecule is CC(=O)CCSO. The fourth-order valence-electron chi connectivity index (χ4n) is 0.189. The molecule has 0 fully saturated rings. The van der Waals surface area contributed by atoms with Crippen LogP contribution in [-0.4, -0.2) is 16.1 Å². The van der Waals surface area contributed by atoms with Gasteiger partial charge in [0.1, 0.15) is 5.78 Å². The minimum Gasteiger partial charge on any atom is -0.330 e. The highest BCUT2D eigenvalue weighted by atomic mass is 32.2. The molecule has 0 rings (SSSR count). The molecule has 0 aromatic heterocycles. The highest BCUT2D eigenvalue weighted by Gasteiger charge is 1.89. The van der Waals surface area contributed by atoms with E-state index in [1.54, 1.807) is 0 Å². The quantitative estimate of drug-likeness (QED) is 0.568. The smallest absolute Gasteiger partial charge is 0.130 e. The van der Waals surface area contributed by atoms with Crippen molar-refractivity contribution in [2.24, 2.45) is 0 Å². The minimum atomic E-state index is 0.126. The van der Waals surface area contributed by atoms with Gasteiger partial charge in [0.25, 0.3) is 0 Å². The lowest BCUT2D eigenvalue weighted by molar-refractivity contribution is -0.116. The average molecular weight is 120 g/mol. The normalized spacial score (nSPS) is 8.86. The molecule has 0 aromatic carbocycles. The van der Waals surface area contributed by atoms with Gasteiger partial charge in [0, 0.05) is 12.2 Å². The van der Waals surface area contributed by atoms with Gasteiger partial charge >= 0.3 is 0 Å². The van der Waals surface area contributed by atoms with Crippen LogP contribution in [0.5, 0.6) is 0 Å². The van der Waals surface area contributed by atoms with Crippen LogP contribution in [0, 0.1) is 0 Å². The third-order valence-electron chi connectivity index (χ3n) is 0.545. The van der Waals surface area contributed by atoms with Crippen LogP contribution < -0.4 is 0 Å². The zero-order valence-corrected chi connectivity index (χ0v) is 4.99. The van der Waals surface area contributed by atoms with E-state index < -0.39 is 0 Å². The molecular formula is C4H8O2S. The van der Waals surface area contributed by atoms with Gasteiger partial charge in [0.2, 0.25) is 0 Å². The predicted molar refractivity (Wildman–Crippen MR) is 30.4 cm³/mol. The van der Waals surface area contributed by atoms with Crippen molar-refractivity contribution in [3.8, 4) is 0 Å². The summed E-state index contributed by atoms with van der Waals surface area (Å²) in [5, 5.41) is 0. The molecule has 7 heavy (non-hydrogen) atoms. The van der Waals surface area contributed by atoms with E-state index in [0.29, 0.717) is 24.2 Å². The van der Waals surface area contributed by atoms with Crippen molar-refractivity contribution in [2.45, 2.75) is 13.3 Å². The molecule has 0 unspecified atom stereocenters. The number of hydrogen-bond donors (Lipinski definition) is 1. The van der Waals surface area contributed by atoms with Crippen molar-refractivity contribution in [2.75, 3.05) is 5.75 Å². The Bertz CT molecular complexity index is 62.7. The van der Waals surface area contributed by atoms with Crippen molar-refractivity contribution in [1.82, 2.24) is 0 Å². The summed E-state index contributed by atoms with van der Waals surface area (Å²) < 4.78 is 8.08. The van der Waals surface area contributed by atoms with E-state index in [-0.39, 0.29) is 5.78 Å². The van der Waals surface area contributed by atoms with Crippen molar-refractivity contribution >= 4 is 17.8 Å². The average Bonchev–Trinajstić information content (AvgIpc) is 1.61. The Morgan fingerprint density at radius 3 is 2.57 bits per heavy atom. The first-order valence-corrected chi connectivity index (χ1v) is 2.97. The second-order valence-corrected chi connectivity index (χ2v) is 1.95. The molecule has 0 saturated heterocycles. The molecule has 0 spiro atoms. The topological polar surface area (TPSA) is 37.3 Å². The summed E-state index contributed by atoms with van der Waals surface area (Å²) in [6.45, 7) is 1.51. The van der Waals surface area contributed by atoms with Gasteiger partial charge in [-0.25, -0.2) is 0 Å². The van der Waals surface area contributed by atoms with Crippen LogP contribution in [0.3, 0.4) is 0 Å². The third kappa shape index (κ3) is 5.98. The fourth-order valence-corrected chi connectivity index (χ4v) is 0.568. The molecule has 0 amide bonds. The molecule has 42 valence electrons. The third-order valence-corrected chi connectivity index (χ3v) is 0.932. The summed E-state index contributed by atoms with van der Waals surface area (Å²) >= 11 is 0.709. The lowest BCUT2D eigenvalue weighted by atomic mass is 10.4. The van der Waals surface area contributed by atoms with Gasteiger partial charge in [-0.05, 0) is 19.0 Å². The summed E-state index contributed by atoms with van der Waals surface area (Å²) in [6, 6.07) is 0. The lowest BCUT2D eigenvalue weighted by Gasteiger charge is -1.85. The number of rotatable bonds is 3. The number of ketones is 1. The molecule has 2 nitrogen and oxygen atoms in total. The first kappa shape index (κ1) is 6.98. The van der Waals surface area contributed by atoms with E-state index in [0.717, 1.165) is 0 Å². The highest BCUT2D eigenvalue weighted by Crippen LogP contribution is 1.93. The van der Waals surface area contributed by atoms with E-state index in [1.165, 1.54) is 6.92 Å². The standard InChI is InChI=1S/C4H8O2S/c1-4(5)2-3-7-6/h6H,2-3H2,1H3. The molecular weight excluding hydrogens is 112 g/mol. The maximum atomic E-state index is 10.1. The molecule has 0 atom stereocenters. The Morgan fingerprint density at radius 2 is 2.43 bits per heavy atom. The number of carbonyl (C=O) groups excluding carboxylic acids is 1. The molecule has 0 radical (unpaired) electrons. The molecule has 0 aromatic rings.